The van der Waals surface area contributed by atoms with E-state index < -0.39 is 6.10 Å². The van der Waals surface area contributed by atoms with Gasteiger partial charge in [0.1, 0.15) is 5.75 Å². The molecule has 0 radical (unpaired) electrons. The van der Waals surface area contributed by atoms with Crippen LogP contribution >= 0.6 is 12.2 Å². The van der Waals surface area contributed by atoms with E-state index in [4.69, 9.17) is 22.2 Å². The molecule has 1 atom stereocenters. The second-order valence-corrected chi connectivity index (χ2v) is 6.65. The Balaban J connectivity index is 1.79. The van der Waals surface area contributed by atoms with Crippen molar-refractivity contribution in [3.05, 3.63) is 59.7 Å². The molecule has 7 heteroatoms. The minimum Gasteiger partial charge on any atom is -0.481 e. The molecular formula is C20H22N4O2S. The Kier molecular flexibility index (Phi) is 7.15. The van der Waals surface area contributed by atoms with Crippen molar-refractivity contribution in [1.29, 1.82) is 5.26 Å². The second-order valence-electron chi connectivity index (χ2n) is 6.24. The van der Waals surface area contributed by atoms with Crippen LogP contribution < -0.4 is 20.9 Å². The highest BCUT2D eigenvalue weighted by Crippen LogP contribution is 2.17. The quantitative estimate of drug-likeness (QED) is 0.542. The van der Waals surface area contributed by atoms with Gasteiger partial charge in [-0.15, -0.1) is 0 Å². The molecule has 0 aliphatic rings. The van der Waals surface area contributed by atoms with Crippen LogP contribution in [0, 0.1) is 11.3 Å². The van der Waals surface area contributed by atoms with Gasteiger partial charge < -0.3 is 10.1 Å². The summed E-state index contributed by atoms with van der Waals surface area (Å²) in [5, 5.41) is 12.1. The lowest BCUT2D eigenvalue weighted by atomic mass is 10.0. The molecule has 3 N–H and O–H groups in total. The zero-order valence-corrected chi connectivity index (χ0v) is 16.3. The highest BCUT2D eigenvalue weighted by Gasteiger charge is 2.14. The summed E-state index contributed by atoms with van der Waals surface area (Å²) in [5.41, 5.74) is 7.75. The zero-order chi connectivity index (χ0) is 19.8. The van der Waals surface area contributed by atoms with Crippen LogP contribution in [0.5, 0.6) is 5.75 Å². The lowest BCUT2D eigenvalue weighted by molar-refractivity contribution is -0.127. The standard InChI is InChI=1S/C20H22N4O2S/c1-13(2)16-6-8-17(9-7-16)22-20(27)24-23-19(25)14(3)26-18-10-4-15(12-21)5-11-18/h4-11,13-14H,1-3H3,(H,23,25)(H2,22,24,27)/t14-/m1/s1. The van der Waals surface area contributed by atoms with Crippen LogP contribution in [-0.2, 0) is 4.79 Å². The van der Waals surface area contributed by atoms with E-state index in [1.54, 1.807) is 31.2 Å². The highest BCUT2D eigenvalue weighted by atomic mass is 32.1. The molecule has 0 fully saturated rings. The van der Waals surface area contributed by atoms with Gasteiger partial charge in [-0.2, -0.15) is 5.26 Å². The first kappa shape index (κ1) is 20.2. The molecule has 0 unspecified atom stereocenters. The van der Waals surface area contributed by atoms with Crippen LogP contribution in [0.3, 0.4) is 0 Å². The van der Waals surface area contributed by atoms with Crippen molar-refractivity contribution in [3.63, 3.8) is 0 Å². The SMILES string of the molecule is CC(C)c1ccc(NC(=S)NNC(=O)[C@@H](C)Oc2ccc(C#N)cc2)cc1. The molecule has 0 saturated carbocycles. The molecule has 0 spiro atoms. The van der Waals surface area contributed by atoms with E-state index in [0.29, 0.717) is 17.2 Å². The molecule has 0 heterocycles. The number of carbonyl (C=O) groups excluding carboxylic acids is 1. The monoisotopic (exact) mass is 382 g/mol. The Labute approximate surface area is 164 Å². The molecule has 0 aliphatic heterocycles. The van der Waals surface area contributed by atoms with Crippen molar-refractivity contribution >= 4 is 28.9 Å². The van der Waals surface area contributed by atoms with E-state index in [9.17, 15) is 4.79 Å². The number of nitrogens with zero attached hydrogens (tertiary/aromatic N) is 1. The van der Waals surface area contributed by atoms with E-state index >= 15 is 0 Å². The van der Waals surface area contributed by atoms with E-state index in [-0.39, 0.29) is 11.0 Å². The number of hydrazine groups is 1. The summed E-state index contributed by atoms with van der Waals surface area (Å²) in [6, 6.07) is 16.5. The number of carbonyl (C=O) groups is 1. The number of hydrogen-bond acceptors (Lipinski definition) is 4. The summed E-state index contributed by atoms with van der Waals surface area (Å²) in [6.45, 7) is 5.88. The summed E-state index contributed by atoms with van der Waals surface area (Å²) in [4.78, 5) is 12.1. The summed E-state index contributed by atoms with van der Waals surface area (Å²) < 4.78 is 5.54. The number of nitrogens with one attached hydrogen (secondary N) is 3. The normalized spacial score (nSPS) is 11.2. The fraction of sp³-hybridized carbons (Fsp3) is 0.250. The Morgan fingerprint density at radius 2 is 1.67 bits per heavy atom. The zero-order valence-electron chi connectivity index (χ0n) is 15.4. The third kappa shape index (κ3) is 6.28. The fourth-order valence-electron chi connectivity index (χ4n) is 2.20. The van der Waals surface area contributed by atoms with Gasteiger partial charge >= 0.3 is 0 Å². The molecule has 0 bridgehead atoms. The molecule has 2 aromatic carbocycles. The van der Waals surface area contributed by atoms with E-state index in [1.807, 2.05) is 30.3 Å². The van der Waals surface area contributed by atoms with Crippen molar-refractivity contribution in [1.82, 2.24) is 10.9 Å². The predicted octanol–water partition coefficient (Wildman–Crippen LogP) is 3.47. The molecule has 0 aliphatic carbocycles. The van der Waals surface area contributed by atoms with Gasteiger partial charge in [0.25, 0.3) is 5.91 Å². The third-order valence-electron chi connectivity index (χ3n) is 3.80. The Hall–Kier alpha value is -3.11. The largest absolute Gasteiger partial charge is 0.481 e. The van der Waals surface area contributed by atoms with Gasteiger partial charge in [-0.1, -0.05) is 26.0 Å². The van der Waals surface area contributed by atoms with Crippen molar-refractivity contribution < 1.29 is 9.53 Å². The first-order valence-electron chi connectivity index (χ1n) is 8.52. The summed E-state index contributed by atoms with van der Waals surface area (Å²) in [7, 11) is 0. The van der Waals surface area contributed by atoms with Gasteiger partial charge in [0.05, 0.1) is 11.6 Å². The minimum absolute atomic E-state index is 0.270. The van der Waals surface area contributed by atoms with Crippen LogP contribution in [0.15, 0.2) is 48.5 Å². The molecule has 0 aromatic heterocycles. The fourth-order valence-corrected chi connectivity index (χ4v) is 2.37. The molecule has 140 valence electrons. The average Bonchev–Trinajstić information content (AvgIpc) is 2.67. The number of benzene rings is 2. The van der Waals surface area contributed by atoms with Crippen molar-refractivity contribution in [2.75, 3.05) is 5.32 Å². The maximum absolute atomic E-state index is 12.1. The predicted molar refractivity (Wildman–Crippen MR) is 109 cm³/mol. The van der Waals surface area contributed by atoms with E-state index in [2.05, 4.69) is 30.0 Å². The number of thiocarbonyl (C=S) groups is 1. The number of nitriles is 1. The van der Waals surface area contributed by atoms with Crippen molar-refractivity contribution in [3.8, 4) is 11.8 Å². The van der Waals surface area contributed by atoms with Crippen molar-refractivity contribution in [2.24, 2.45) is 0 Å². The molecule has 0 saturated heterocycles. The average molecular weight is 382 g/mol. The van der Waals surface area contributed by atoms with Crippen LogP contribution in [0.4, 0.5) is 5.69 Å². The molecule has 2 aromatic rings. The van der Waals surface area contributed by atoms with Crippen LogP contribution in [-0.4, -0.2) is 17.1 Å². The molecule has 6 nitrogen and oxygen atoms in total. The number of anilines is 1. The smallest absolute Gasteiger partial charge is 0.279 e. The Morgan fingerprint density at radius 3 is 2.22 bits per heavy atom. The summed E-state index contributed by atoms with van der Waals surface area (Å²) in [6.07, 6.45) is -0.737. The summed E-state index contributed by atoms with van der Waals surface area (Å²) in [5.74, 6) is 0.585. The van der Waals surface area contributed by atoms with E-state index in [1.165, 1.54) is 5.56 Å². The van der Waals surface area contributed by atoms with Gasteiger partial charge in [0.15, 0.2) is 11.2 Å². The Bertz CT molecular complexity index is 827. The number of rotatable bonds is 5. The number of amides is 1. The second kappa shape index (κ2) is 9.55. The molecule has 1 amide bonds. The summed E-state index contributed by atoms with van der Waals surface area (Å²) >= 11 is 5.17. The molecule has 2 rings (SSSR count). The first-order valence-corrected chi connectivity index (χ1v) is 8.93. The van der Waals surface area contributed by atoms with Gasteiger partial charge in [0.2, 0.25) is 0 Å². The third-order valence-corrected chi connectivity index (χ3v) is 4.00. The first-order chi connectivity index (χ1) is 12.9. The highest BCUT2D eigenvalue weighted by molar-refractivity contribution is 7.80. The van der Waals surface area contributed by atoms with Gasteiger partial charge in [-0.3, -0.25) is 15.6 Å². The number of ether oxygens (including phenoxy) is 1. The maximum atomic E-state index is 12.1. The lowest BCUT2D eigenvalue weighted by Gasteiger charge is -2.16. The lowest BCUT2D eigenvalue weighted by Crippen LogP contribution is -2.48. The van der Waals surface area contributed by atoms with Crippen LogP contribution in [0.2, 0.25) is 0 Å². The minimum atomic E-state index is -0.737. The number of hydrogen-bond donors (Lipinski definition) is 3. The molecule has 27 heavy (non-hydrogen) atoms. The van der Waals surface area contributed by atoms with Crippen LogP contribution in [0.1, 0.15) is 37.8 Å². The van der Waals surface area contributed by atoms with Gasteiger partial charge in [0, 0.05) is 5.69 Å². The Morgan fingerprint density at radius 1 is 1.04 bits per heavy atom. The van der Waals surface area contributed by atoms with Crippen LogP contribution in [0.25, 0.3) is 0 Å². The van der Waals surface area contributed by atoms with E-state index in [0.717, 1.165) is 5.69 Å². The van der Waals surface area contributed by atoms with Gasteiger partial charge in [-0.25, -0.2) is 0 Å². The maximum Gasteiger partial charge on any atom is 0.279 e. The van der Waals surface area contributed by atoms with Gasteiger partial charge in [-0.05, 0) is 67.0 Å². The molecular weight excluding hydrogens is 360 g/mol. The van der Waals surface area contributed by atoms with Crippen molar-refractivity contribution in [2.45, 2.75) is 32.8 Å². The topological polar surface area (TPSA) is 86.2 Å².